The zero-order valence-corrected chi connectivity index (χ0v) is 13.9. The summed E-state index contributed by atoms with van der Waals surface area (Å²) >= 11 is 5.89. The first kappa shape index (κ1) is 16.5. The van der Waals surface area contributed by atoms with Crippen LogP contribution in [0.5, 0.6) is 5.75 Å². The predicted octanol–water partition coefficient (Wildman–Crippen LogP) is 2.29. The van der Waals surface area contributed by atoms with Gasteiger partial charge in [-0.15, -0.1) is 0 Å². The molecule has 0 bridgehead atoms. The molecule has 126 valence electrons. The van der Waals surface area contributed by atoms with E-state index in [1.54, 1.807) is 42.7 Å². The number of carbonyl (C=O) groups is 1. The quantitative estimate of drug-likeness (QED) is 0.899. The summed E-state index contributed by atoms with van der Waals surface area (Å²) in [6.07, 6.45) is 5.37. The van der Waals surface area contributed by atoms with E-state index < -0.39 is 0 Å². The van der Waals surface area contributed by atoms with Gasteiger partial charge in [-0.05, 0) is 37.1 Å². The van der Waals surface area contributed by atoms with Crippen molar-refractivity contribution in [2.24, 2.45) is 0 Å². The van der Waals surface area contributed by atoms with Crippen molar-refractivity contribution in [3.05, 3.63) is 47.7 Å². The van der Waals surface area contributed by atoms with Crippen LogP contribution in [0.1, 0.15) is 12.8 Å². The predicted molar refractivity (Wildman–Crippen MR) is 92.4 cm³/mol. The Morgan fingerprint density at radius 2 is 2.17 bits per heavy atom. The Hall–Kier alpha value is -2.34. The van der Waals surface area contributed by atoms with E-state index in [-0.39, 0.29) is 18.6 Å². The highest BCUT2D eigenvalue weighted by Crippen LogP contribution is 2.17. The molecule has 2 heterocycles. The largest absolute Gasteiger partial charge is 0.484 e. The van der Waals surface area contributed by atoms with Crippen LogP contribution in [0.4, 0.5) is 5.95 Å². The van der Waals surface area contributed by atoms with E-state index in [1.807, 2.05) is 0 Å². The molecule has 0 aliphatic carbocycles. The van der Waals surface area contributed by atoms with Crippen molar-refractivity contribution in [1.29, 1.82) is 0 Å². The Labute approximate surface area is 145 Å². The molecule has 1 amide bonds. The zero-order valence-electron chi connectivity index (χ0n) is 13.2. The second-order valence-electron chi connectivity index (χ2n) is 5.65. The number of hydrogen-bond acceptors (Lipinski definition) is 5. The van der Waals surface area contributed by atoms with E-state index in [9.17, 15) is 4.79 Å². The lowest BCUT2D eigenvalue weighted by Crippen LogP contribution is -2.49. The average molecular weight is 347 g/mol. The standard InChI is InChI=1S/C17H19ClN4O2/c18-13-4-1-6-15(10-13)24-12-16(23)21-14-5-2-9-22(11-14)17-19-7-3-8-20-17/h1,3-4,6-8,10,14H,2,5,9,11-12H2,(H,21,23)/t14-/m1/s1. The summed E-state index contributed by atoms with van der Waals surface area (Å²) in [5.74, 6) is 1.14. The van der Waals surface area contributed by atoms with Crippen LogP contribution in [0.15, 0.2) is 42.7 Å². The lowest BCUT2D eigenvalue weighted by molar-refractivity contribution is -0.123. The fourth-order valence-corrected chi connectivity index (χ4v) is 2.89. The first-order valence-electron chi connectivity index (χ1n) is 7.90. The third kappa shape index (κ3) is 4.58. The maximum Gasteiger partial charge on any atom is 0.258 e. The van der Waals surface area contributed by atoms with Crippen molar-refractivity contribution in [3.63, 3.8) is 0 Å². The Balaban J connectivity index is 1.49. The molecule has 7 heteroatoms. The maximum absolute atomic E-state index is 12.1. The molecule has 0 unspecified atom stereocenters. The number of aromatic nitrogens is 2. The Morgan fingerprint density at radius 1 is 1.33 bits per heavy atom. The van der Waals surface area contributed by atoms with Crippen LogP contribution < -0.4 is 15.0 Å². The van der Waals surface area contributed by atoms with Gasteiger partial charge in [-0.25, -0.2) is 9.97 Å². The van der Waals surface area contributed by atoms with Crippen LogP contribution in [0.3, 0.4) is 0 Å². The molecule has 1 saturated heterocycles. The van der Waals surface area contributed by atoms with Crippen molar-refractivity contribution < 1.29 is 9.53 Å². The lowest BCUT2D eigenvalue weighted by Gasteiger charge is -2.33. The van der Waals surface area contributed by atoms with E-state index in [0.717, 1.165) is 19.4 Å². The summed E-state index contributed by atoms with van der Waals surface area (Å²) in [6, 6.07) is 8.86. The van der Waals surface area contributed by atoms with Crippen molar-refractivity contribution in [3.8, 4) is 5.75 Å². The van der Waals surface area contributed by atoms with E-state index in [0.29, 0.717) is 23.3 Å². The molecule has 1 aromatic heterocycles. The smallest absolute Gasteiger partial charge is 0.258 e. The monoisotopic (exact) mass is 346 g/mol. The molecule has 1 atom stereocenters. The van der Waals surface area contributed by atoms with Crippen LogP contribution in [0.2, 0.25) is 5.02 Å². The third-order valence-electron chi connectivity index (χ3n) is 3.79. The van der Waals surface area contributed by atoms with Crippen LogP contribution in [0, 0.1) is 0 Å². The summed E-state index contributed by atoms with van der Waals surface area (Å²) in [7, 11) is 0. The average Bonchev–Trinajstić information content (AvgIpc) is 2.61. The highest BCUT2D eigenvalue weighted by molar-refractivity contribution is 6.30. The maximum atomic E-state index is 12.1. The molecule has 6 nitrogen and oxygen atoms in total. The van der Waals surface area contributed by atoms with Crippen LogP contribution in [-0.2, 0) is 4.79 Å². The number of nitrogens with zero attached hydrogens (tertiary/aromatic N) is 3. The Bertz CT molecular complexity index is 683. The first-order valence-corrected chi connectivity index (χ1v) is 8.28. The molecular formula is C17H19ClN4O2. The van der Waals surface area contributed by atoms with Gasteiger partial charge in [-0.2, -0.15) is 0 Å². The Morgan fingerprint density at radius 3 is 2.96 bits per heavy atom. The summed E-state index contributed by atoms with van der Waals surface area (Å²) in [5, 5.41) is 3.59. The van der Waals surface area contributed by atoms with Gasteiger partial charge in [0.1, 0.15) is 5.75 Å². The minimum Gasteiger partial charge on any atom is -0.484 e. The zero-order chi connectivity index (χ0) is 16.8. The van der Waals surface area contributed by atoms with Gasteiger partial charge in [0.25, 0.3) is 5.91 Å². The summed E-state index contributed by atoms with van der Waals surface area (Å²) in [5.41, 5.74) is 0. The number of halogens is 1. The van der Waals surface area contributed by atoms with Gasteiger partial charge in [0.05, 0.1) is 0 Å². The number of benzene rings is 1. The summed E-state index contributed by atoms with van der Waals surface area (Å²) in [4.78, 5) is 22.7. The topological polar surface area (TPSA) is 67.3 Å². The van der Waals surface area contributed by atoms with Gasteiger partial charge in [0, 0.05) is 36.5 Å². The number of ether oxygens (including phenoxy) is 1. The number of rotatable bonds is 5. The van der Waals surface area contributed by atoms with Crippen molar-refractivity contribution in [2.45, 2.75) is 18.9 Å². The van der Waals surface area contributed by atoms with Crippen LogP contribution in [0.25, 0.3) is 0 Å². The van der Waals surface area contributed by atoms with E-state index >= 15 is 0 Å². The molecule has 1 aliphatic heterocycles. The van der Waals surface area contributed by atoms with E-state index in [1.165, 1.54) is 0 Å². The molecule has 0 radical (unpaired) electrons. The second kappa shape index (κ2) is 7.97. The number of carbonyl (C=O) groups excluding carboxylic acids is 1. The molecule has 3 rings (SSSR count). The molecular weight excluding hydrogens is 328 g/mol. The van der Waals surface area contributed by atoms with E-state index in [2.05, 4.69) is 20.2 Å². The normalized spacial score (nSPS) is 17.4. The highest BCUT2D eigenvalue weighted by atomic mass is 35.5. The molecule has 0 spiro atoms. The Kier molecular flexibility index (Phi) is 5.48. The van der Waals surface area contributed by atoms with Crippen molar-refractivity contribution >= 4 is 23.5 Å². The fourth-order valence-electron chi connectivity index (χ4n) is 2.71. The van der Waals surface area contributed by atoms with E-state index in [4.69, 9.17) is 16.3 Å². The molecule has 1 fully saturated rings. The number of amides is 1. The summed E-state index contributed by atoms with van der Waals surface area (Å²) in [6.45, 7) is 1.57. The van der Waals surface area contributed by atoms with Crippen LogP contribution >= 0.6 is 11.6 Å². The van der Waals surface area contributed by atoms with Crippen LogP contribution in [-0.4, -0.2) is 41.6 Å². The van der Waals surface area contributed by atoms with Gasteiger partial charge < -0.3 is 15.0 Å². The van der Waals surface area contributed by atoms with Gasteiger partial charge in [-0.1, -0.05) is 17.7 Å². The SMILES string of the molecule is O=C(COc1cccc(Cl)c1)N[C@@H]1CCCN(c2ncccn2)C1. The molecule has 0 saturated carbocycles. The highest BCUT2D eigenvalue weighted by Gasteiger charge is 2.23. The molecule has 1 aromatic carbocycles. The van der Waals surface area contributed by atoms with Gasteiger partial charge in [0.15, 0.2) is 6.61 Å². The lowest BCUT2D eigenvalue weighted by atomic mass is 10.1. The second-order valence-corrected chi connectivity index (χ2v) is 6.08. The minimum absolute atomic E-state index is 0.0291. The molecule has 24 heavy (non-hydrogen) atoms. The molecule has 1 N–H and O–H groups in total. The summed E-state index contributed by atoms with van der Waals surface area (Å²) < 4.78 is 5.47. The minimum atomic E-state index is -0.143. The number of hydrogen-bond donors (Lipinski definition) is 1. The number of piperidine rings is 1. The molecule has 1 aliphatic rings. The number of nitrogens with one attached hydrogen (secondary N) is 1. The van der Waals surface area contributed by atoms with Gasteiger partial charge in [0.2, 0.25) is 5.95 Å². The number of anilines is 1. The third-order valence-corrected chi connectivity index (χ3v) is 4.02. The van der Waals surface area contributed by atoms with Crippen molar-refractivity contribution in [1.82, 2.24) is 15.3 Å². The fraction of sp³-hybridized carbons (Fsp3) is 0.353. The van der Waals surface area contributed by atoms with Gasteiger partial charge >= 0.3 is 0 Å². The van der Waals surface area contributed by atoms with Gasteiger partial charge in [-0.3, -0.25) is 4.79 Å². The van der Waals surface area contributed by atoms with Crippen molar-refractivity contribution in [2.75, 3.05) is 24.6 Å². The first-order chi connectivity index (χ1) is 11.7. The molecule has 2 aromatic rings.